The number of rotatable bonds is 4. The molecule has 0 aliphatic carbocycles. The highest BCUT2D eigenvalue weighted by molar-refractivity contribution is 9.11. The smallest absolute Gasteiger partial charge is 0.226 e. The van der Waals surface area contributed by atoms with E-state index in [4.69, 9.17) is 0 Å². The number of halogens is 2. The molecule has 0 amide bonds. The highest BCUT2D eigenvalue weighted by atomic mass is 79.9. The number of anilines is 3. The van der Waals surface area contributed by atoms with Crippen LogP contribution in [0.1, 0.15) is 6.92 Å². The molecule has 1 aromatic carbocycles. The zero-order valence-corrected chi connectivity index (χ0v) is 14.3. The summed E-state index contributed by atoms with van der Waals surface area (Å²) in [4.78, 5) is 16.1. The van der Waals surface area contributed by atoms with Gasteiger partial charge in [0.15, 0.2) is 11.5 Å². The first-order valence-electron chi connectivity index (χ1n) is 6.34. The summed E-state index contributed by atoms with van der Waals surface area (Å²) in [7, 11) is 0. The molecule has 3 aromatic rings. The van der Waals surface area contributed by atoms with Crippen LogP contribution in [0.15, 0.2) is 33.5 Å². The van der Waals surface area contributed by atoms with E-state index in [1.54, 1.807) is 6.33 Å². The molecule has 0 atom stereocenters. The van der Waals surface area contributed by atoms with Gasteiger partial charge in [-0.1, -0.05) is 15.9 Å². The van der Waals surface area contributed by atoms with Crippen LogP contribution in [-0.2, 0) is 0 Å². The molecule has 0 saturated heterocycles. The third-order valence-electron chi connectivity index (χ3n) is 2.80. The predicted octanol–water partition coefficient (Wildman–Crippen LogP) is 4.05. The summed E-state index contributed by atoms with van der Waals surface area (Å²) in [6.45, 7) is 2.74. The first-order valence-corrected chi connectivity index (χ1v) is 7.93. The first-order chi connectivity index (χ1) is 10.2. The molecule has 0 aliphatic heterocycles. The van der Waals surface area contributed by atoms with E-state index < -0.39 is 0 Å². The molecule has 2 aromatic heterocycles. The molecule has 0 radical (unpaired) electrons. The molecule has 0 unspecified atom stereocenters. The van der Waals surface area contributed by atoms with Gasteiger partial charge in [-0.25, -0.2) is 4.98 Å². The van der Waals surface area contributed by atoms with Crippen LogP contribution in [0.3, 0.4) is 0 Å². The number of hydrogen-bond donors (Lipinski definition) is 3. The number of aromatic nitrogens is 4. The number of benzene rings is 1. The third kappa shape index (κ3) is 3.01. The van der Waals surface area contributed by atoms with Crippen molar-refractivity contribution in [1.82, 2.24) is 19.9 Å². The summed E-state index contributed by atoms with van der Waals surface area (Å²) in [5.41, 5.74) is 2.30. The van der Waals surface area contributed by atoms with Crippen LogP contribution < -0.4 is 10.6 Å². The average molecular weight is 412 g/mol. The molecule has 0 aliphatic rings. The molecule has 21 heavy (non-hydrogen) atoms. The normalized spacial score (nSPS) is 10.8. The topological polar surface area (TPSA) is 78.5 Å². The lowest BCUT2D eigenvalue weighted by Crippen LogP contribution is -2.05. The van der Waals surface area contributed by atoms with Gasteiger partial charge in [0.25, 0.3) is 0 Å². The van der Waals surface area contributed by atoms with Crippen molar-refractivity contribution in [3.63, 3.8) is 0 Å². The molecule has 0 bridgehead atoms. The Kier molecular flexibility index (Phi) is 4.07. The molecule has 0 saturated carbocycles. The predicted molar refractivity (Wildman–Crippen MR) is 91.0 cm³/mol. The van der Waals surface area contributed by atoms with Crippen molar-refractivity contribution < 1.29 is 0 Å². The van der Waals surface area contributed by atoms with Crippen molar-refractivity contribution in [3.05, 3.63) is 33.5 Å². The Morgan fingerprint density at radius 2 is 2.10 bits per heavy atom. The fourth-order valence-electron chi connectivity index (χ4n) is 1.88. The Labute approximate surface area is 138 Å². The standard InChI is InChI=1S/C13H12Br2N6/c1-2-16-13-20-11-10(17-6-18-11)12(21-13)19-9-4-3-7(14)5-8(9)15/h3-6H,2H2,1H3,(H3,16,17,18,19,20,21). The Balaban J connectivity index is 2.04. The monoisotopic (exact) mass is 410 g/mol. The maximum atomic E-state index is 4.48. The second kappa shape index (κ2) is 5.98. The molecule has 0 spiro atoms. The molecular formula is C13H12Br2N6. The summed E-state index contributed by atoms with van der Waals surface area (Å²) >= 11 is 6.97. The van der Waals surface area contributed by atoms with Gasteiger partial charge in [-0.05, 0) is 41.1 Å². The van der Waals surface area contributed by atoms with Crippen molar-refractivity contribution in [3.8, 4) is 0 Å². The summed E-state index contributed by atoms with van der Waals surface area (Å²) in [5.74, 6) is 1.23. The number of H-pyrrole nitrogens is 1. The highest BCUT2D eigenvalue weighted by Crippen LogP contribution is 2.30. The van der Waals surface area contributed by atoms with Gasteiger partial charge in [0.1, 0.15) is 5.52 Å². The third-order valence-corrected chi connectivity index (χ3v) is 3.95. The molecule has 3 N–H and O–H groups in total. The Bertz CT molecular complexity index is 785. The lowest BCUT2D eigenvalue weighted by atomic mass is 10.3. The quantitative estimate of drug-likeness (QED) is 0.603. The Morgan fingerprint density at radius 1 is 1.24 bits per heavy atom. The Morgan fingerprint density at radius 3 is 2.86 bits per heavy atom. The minimum atomic E-state index is 0.549. The second-order valence-electron chi connectivity index (χ2n) is 4.28. The van der Waals surface area contributed by atoms with E-state index in [0.29, 0.717) is 17.4 Å². The van der Waals surface area contributed by atoms with Crippen molar-refractivity contribution in [1.29, 1.82) is 0 Å². The zero-order valence-electron chi connectivity index (χ0n) is 11.1. The lowest BCUT2D eigenvalue weighted by Gasteiger charge is -2.10. The van der Waals surface area contributed by atoms with Crippen molar-refractivity contribution in [2.45, 2.75) is 6.92 Å². The van der Waals surface area contributed by atoms with Crippen LogP contribution in [0.2, 0.25) is 0 Å². The van der Waals surface area contributed by atoms with Crippen LogP contribution in [0.5, 0.6) is 0 Å². The number of hydrogen-bond acceptors (Lipinski definition) is 5. The molecule has 8 heteroatoms. The molecular weight excluding hydrogens is 400 g/mol. The molecule has 2 heterocycles. The molecule has 108 valence electrons. The van der Waals surface area contributed by atoms with Crippen LogP contribution in [0.4, 0.5) is 17.5 Å². The van der Waals surface area contributed by atoms with Crippen molar-refractivity contribution >= 4 is 60.5 Å². The van der Waals surface area contributed by atoms with E-state index >= 15 is 0 Å². The molecule has 6 nitrogen and oxygen atoms in total. The lowest BCUT2D eigenvalue weighted by molar-refractivity contribution is 1.10. The van der Waals surface area contributed by atoms with Gasteiger partial charge in [0, 0.05) is 15.5 Å². The van der Waals surface area contributed by atoms with E-state index in [9.17, 15) is 0 Å². The van der Waals surface area contributed by atoms with Gasteiger partial charge >= 0.3 is 0 Å². The van der Waals surface area contributed by atoms with Gasteiger partial charge in [0.05, 0.1) is 12.0 Å². The highest BCUT2D eigenvalue weighted by Gasteiger charge is 2.11. The minimum Gasteiger partial charge on any atom is -0.354 e. The van der Waals surface area contributed by atoms with E-state index in [0.717, 1.165) is 26.7 Å². The van der Waals surface area contributed by atoms with Crippen LogP contribution in [-0.4, -0.2) is 26.5 Å². The largest absolute Gasteiger partial charge is 0.354 e. The number of nitrogens with zero attached hydrogens (tertiary/aromatic N) is 3. The first kappa shape index (κ1) is 14.3. The van der Waals surface area contributed by atoms with Crippen molar-refractivity contribution in [2.24, 2.45) is 0 Å². The molecule has 3 rings (SSSR count). The minimum absolute atomic E-state index is 0.549. The summed E-state index contributed by atoms with van der Waals surface area (Å²) in [6.07, 6.45) is 1.61. The van der Waals surface area contributed by atoms with E-state index in [-0.39, 0.29) is 0 Å². The van der Waals surface area contributed by atoms with Gasteiger partial charge in [-0.2, -0.15) is 9.97 Å². The SMILES string of the molecule is CCNc1nc(Nc2ccc(Br)cc2Br)c2[nH]cnc2n1. The number of nitrogens with one attached hydrogen (secondary N) is 3. The summed E-state index contributed by atoms with van der Waals surface area (Å²) in [6, 6.07) is 5.90. The maximum absolute atomic E-state index is 4.48. The summed E-state index contributed by atoms with van der Waals surface area (Å²) < 4.78 is 1.94. The van der Waals surface area contributed by atoms with Crippen molar-refractivity contribution in [2.75, 3.05) is 17.2 Å². The summed E-state index contributed by atoms with van der Waals surface area (Å²) in [5, 5.41) is 6.40. The van der Waals surface area contributed by atoms with Crippen LogP contribution >= 0.6 is 31.9 Å². The number of aromatic amines is 1. The van der Waals surface area contributed by atoms with Gasteiger partial charge in [-0.3, -0.25) is 0 Å². The zero-order chi connectivity index (χ0) is 14.8. The van der Waals surface area contributed by atoms with Gasteiger partial charge in [0.2, 0.25) is 5.95 Å². The second-order valence-corrected chi connectivity index (χ2v) is 6.05. The van der Waals surface area contributed by atoms with Crippen LogP contribution in [0.25, 0.3) is 11.2 Å². The van der Waals surface area contributed by atoms with Gasteiger partial charge in [-0.15, -0.1) is 0 Å². The van der Waals surface area contributed by atoms with Crippen LogP contribution in [0, 0.1) is 0 Å². The van der Waals surface area contributed by atoms with E-state index in [1.165, 1.54) is 0 Å². The maximum Gasteiger partial charge on any atom is 0.226 e. The number of fused-ring (bicyclic) bond motifs is 1. The fourth-order valence-corrected chi connectivity index (χ4v) is 3.03. The molecule has 0 fully saturated rings. The van der Waals surface area contributed by atoms with E-state index in [1.807, 2.05) is 25.1 Å². The fraction of sp³-hybridized carbons (Fsp3) is 0.154. The average Bonchev–Trinajstić information content (AvgIpc) is 2.91. The Hall–Kier alpha value is -1.67. The van der Waals surface area contributed by atoms with E-state index in [2.05, 4.69) is 62.4 Å². The number of imidazole rings is 1. The van der Waals surface area contributed by atoms with Gasteiger partial charge < -0.3 is 15.6 Å².